The van der Waals surface area contributed by atoms with E-state index in [1.54, 1.807) is 0 Å². The number of unbranched alkanes of at least 4 members (excludes halogenated alkanes) is 13. The van der Waals surface area contributed by atoms with Crippen LogP contribution in [0, 0.1) is 0 Å². The van der Waals surface area contributed by atoms with Crippen molar-refractivity contribution in [1.29, 1.82) is 0 Å². The van der Waals surface area contributed by atoms with Crippen LogP contribution in [0.2, 0.25) is 22.3 Å². The van der Waals surface area contributed by atoms with E-state index in [1.807, 2.05) is 0 Å². The Morgan fingerprint density at radius 2 is 1.04 bits per heavy atom. The van der Waals surface area contributed by atoms with Crippen LogP contribution < -0.4 is 4.89 Å². The first-order valence-electron chi connectivity index (χ1n) is 11.2. The molecular weight excluding hydrogens is 422 g/mol. The summed E-state index contributed by atoms with van der Waals surface area (Å²) in [7, 11) is -4.09. The molecule has 0 N–H and O–H groups in total. The molecule has 0 fully saturated rings. The van der Waals surface area contributed by atoms with Gasteiger partial charge in [0.1, 0.15) is 0 Å². The van der Waals surface area contributed by atoms with E-state index in [-0.39, 0.29) is 13.2 Å². The molecule has 0 aromatic rings. The van der Waals surface area contributed by atoms with Crippen molar-refractivity contribution in [2.24, 2.45) is 0 Å². The van der Waals surface area contributed by atoms with Crippen molar-refractivity contribution in [2.45, 2.75) is 119 Å². The van der Waals surface area contributed by atoms with Crippen LogP contribution in [0.4, 0.5) is 0 Å². The Balaban J connectivity index is 3.31. The van der Waals surface area contributed by atoms with Gasteiger partial charge in [-0.15, -0.1) is 0 Å². The van der Waals surface area contributed by atoms with Gasteiger partial charge in [0, 0.05) is 0 Å². The standard InChI is InChI=1S/C21H47AsO4P/c1-5-6-7-8-9-10-11-12-13-14-15-16-17-18-20-25-27(23,24)26-21-19-22(2,3)4/h5-21H2,1-4H3,(H,23,24)/p-1. The molecule has 27 heavy (non-hydrogen) atoms. The molecule has 0 aliphatic heterocycles. The third kappa shape index (κ3) is 22.8. The quantitative estimate of drug-likeness (QED) is 0.107. The Labute approximate surface area is 172 Å². The molecule has 4 nitrogen and oxygen atoms in total. The zero-order valence-corrected chi connectivity index (χ0v) is 21.3. The Kier molecular flexibility index (Phi) is 18.0. The number of phosphoric ester groups is 1. The van der Waals surface area contributed by atoms with Crippen LogP contribution in [0.25, 0.3) is 0 Å². The predicted octanol–water partition coefficient (Wildman–Crippen LogP) is 7.31. The summed E-state index contributed by atoms with van der Waals surface area (Å²) in [6.07, 6.45) is 18.0. The molecule has 0 bridgehead atoms. The third-order valence-corrected chi connectivity index (χ3v) is 8.95. The Bertz CT molecular complexity index is 372. The average molecular weight is 468 g/mol. The van der Waals surface area contributed by atoms with Gasteiger partial charge in [0.15, 0.2) is 0 Å². The molecule has 0 aliphatic carbocycles. The molecule has 0 saturated heterocycles. The van der Waals surface area contributed by atoms with E-state index in [0.717, 1.165) is 18.1 Å². The van der Waals surface area contributed by atoms with Crippen LogP contribution in [0.3, 0.4) is 0 Å². The fourth-order valence-electron chi connectivity index (χ4n) is 2.94. The molecule has 0 aromatic carbocycles. The summed E-state index contributed by atoms with van der Waals surface area (Å²) in [4.78, 5) is 11.7. The van der Waals surface area contributed by atoms with E-state index < -0.39 is 21.4 Å². The molecule has 6 heteroatoms. The van der Waals surface area contributed by atoms with Gasteiger partial charge in [-0.3, -0.25) is 0 Å². The van der Waals surface area contributed by atoms with Crippen LogP contribution in [0.15, 0.2) is 0 Å². The molecule has 0 spiro atoms. The van der Waals surface area contributed by atoms with Crippen molar-refractivity contribution in [3.05, 3.63) is 0 Å². The minimum absolute atomic E-state index is 0.258. The molecule has 1 unspecified atom stereocenters. The Morgan fingerprint density at radius 3 is 1.44 bits per heavy atom. The summed E-state index contributed by atoms with van der Waals surface area (Å²) >= 11 is -1.59. The molecule has 0 amide bonds. The van der Waals surface area contributed by atoms with Gasteiger partial charge in [-0.05, 0) is 0 Å². The summed E-state index contributed by atoms with van der Waals surface area (Å²) in [5.41, 5.74) is 6.69. The number of rotatable bonds is 20. The van der Waals surface area contributed by atoms with Gasteiger partial charge in [-0.1, -0.05) is 58.3 Å². The first kappa shape index (κ1) is 27.7. The summed E-state index contributed by atoms with van der Waals surface area (Å²) in [5, 5.41) is 0.868. The number of phosphoric acid groups is 1. The van der Waals surface area contributed by atoms with Crippen molar-refractivity contribution in [2.75, 3.05) is 13.2 Å². The molecule has 0 heterocycles. The van der Waals surface area contributed by atoms with Crippen molar-refractivity contribution in [3.63, 3.8) is 0 Å². The van der Waals surface area contributed by atoms with Crippen LogP contribution in [-0.2, 0) is 13.6 Å². The van der Waals surface area contributed by atoms with E-state index in [9.17, 15) is 9.46 Å². The van der Waals surface area contributed by atoms with Crippen molar-refractivity contribution < 1.29 is 18.5 Å². The molecule has 0 aromatic heterocycles. The van der Waals surface area contributed by atoms with Gasteiger partial charge in [0.2, 0.25) is 0 Å². The summed E-state index contributed by atoms with van der Waals surface area (Å²) in [6.45, 7) is 2.80. The summed E-state index contributed by atoms with van der Waals surface area (Å²) in [6, 6.07) is 0. The van der Waals surface area contributed by atoms with E-state index in [1.165, 1.54) is 77.0 Å². The van der Waals surface area contributed by atoms with Gasteiger partial charge in [0.05, 0.1) is 0 Å². The molecule has 1 atom stereocenters. The van der Waals surface area contributed by atoms with Crippen LogP contribution >= 0.6 is 7.82 Å². The van der Waals surface area contributed by atoms with Crippen molar-refractivity contribution in [3.8, 4) is 0 Å². The van der Waals surface area contributed by atoms with E-state index in [0.29, 0.717) is 0 Å². The second kappa shape index (κ2) is 17.5. The van der Waals surface area contributed by atoms with E-state index in [2.05, 4.69) is 24.1 Å². The average Bonchev–Trinajstić information content (AvgIpc) is 2.57. The van der Waals surface area contributed by atoms with Crippen molar-refractivity contribution in [1.82, 2.24) is 0 Å². The van der Waals surface area contributed by atoms with Gasteiger partial charge in [-0.2, -0.15) is 0 Å². The zero-order valence-electron chi connectivity index (χ0n) is 18.5. The predicted molar refractivity (Wildman–Crippen MR) is 118 cm³/mol. The first-order valence-corrected chi connectivity index (χ1v) is 19.6. The molecule has 0 saturated carbocycles. The zero-order chi connectivity index (χ0) is 20.4. The van der Waals surface area contributed by atoms with Crippen LogP contribution in [0.5, 0.6) is 0 Å². The van der Waals surface area contributed by atoms with Gasteiger partial charge in [-0.25, -0.2) is 0 Å². The monoisotopic (exact) mass is 468 g/mol. The fraction of sp³-hybridized carbons (Fsp3) is 1.00. The van der Waals surface area contributed by atoms with Gasteiger partial charge >= 0.3 is 114 Å². The Hall–Kier alpha value is 0.668. The van der Waals surface area contributed by atoms with Crippen LogP contribution in [0.1, 0.15) is 96.8 Å². The molecule has 165 valence electrons. The molecule has 0 aliphatic rings. The second-order valence-electron chi connectivity index (χ2n) is 8.72. The molecular formula is C21H46AsO4P-. The first-order chi connectivity index (χ1) is 12.8. The normalized spacial score (nSPS) is 14.4. The third-order valence-electron chi connectivity index (χ3n) is 4.76. The topological polar surface area (TPSA) is 58.6 Å². The number of hydrogen-bond acceptors (Lipinski definition) is 4. The molecule has 1 radical (unpaired) electrons. The maximum atomic E-state index is 11.7. The van der Waals surface area contributed by atoms with E-state index in [4.69, 9.17) is 9.05 Å². The summed E-state index contributed by atoms with van der Waals surface area (Å²) in [5.74, 6) is 0. The van der Waals surface area contributed by atoms with E-state index >= 15 is 0 Å². The fourth-order valence-corrected chi connectivity index (χ4v) is 5.33. The van der Waals surface area contributed by atoms with Gasteiger partial charge in [0.25, 0.3) is 0 Å². The SMILES string of the molecule is CCCCCCCCCCCCCCCCOP(=O)([O-])OCC[As](C)(C)C. The maximum absolute atomic E-state index is 11.7. The molecule has 0 rings (SSSR count). The summed E-state index contributed by atoms with van der Waals surface area (Å²) < 4.78 is 21.5. The van der Waals surface area contributed by atoms with Crippen LogP contribution in [-0.4, -0.2) is 26.8 Å². The number of hydrogen-bond donors (Lipinski definition) is 0. The van der Waals surface area contributed by atoms with Crippen molar-refractivity contribution >= 4 is 21.4 Å². The Morgan fingerprint density at radius 1 is 0.667 bits per heavy atom. The second-order valence-corrected chi connectivity index (χ2v) is 20.7. The minimum atomic E-state index is -4.09. The van der Waals surface area contributed by atoms with Gasteiger partial charge < -0.3 is 0 Å².